The molecule has 0 aromatic heterocycles. The molecule has 0 saturated carbocycles. The Morgan fingerprint density at radius 3 is 2.12 bits per heavy atom. The number of carbonyl (C=O) groups is 3. The van der Waals surface area contributed by atoms with Gasteiger partial charge in [-0.3, -0.25) is 20.4 Å². The summed E-state index contributed by atoms with van der Waals surface area (Å²) in [4.78, 5) is 35.8. The lowest BCUT2D eigenvalue weighted by atomic mass is 10.2. The van der Waals surface area contributed by atoms with Crippen molar-refractivity contribution in [2.24, 2.45) is 0 Å². The normalized spacial score (nSPS) is 11.3. The van der Waals surface area contributed by atoms with E-state index in [2.05, 4.69) is 10.9 Å². The van der Waals surface area contributed by atoms with Crippen LogP contribution in [0.25, 0.3) is 0 Å². The summed E-state index contributed by atoms with van der Waals surface area (Å²) in [5, 5.41) is 0.540. The average molecular weight is 381 g/mol. The Morgan fingerprint density at radius 2 is 1.52 bits per heavy atom. The number of hydrogen-bond donors (Lipinski definition) is 2. The predicted molar refractivity (Wildman–Crippen MR) is 93.4 cm³/mol. The first-order valence-corrected chi connectivity index (χ1v) is 7.94. The lowest BCUT2D eigenvalue weighted by Crippen LogP contribution is -2.46. The molecule has 0 heterocycles. The summed E-state index contributed by atoms with van der Waals surface area (Å²) in [7, 11) is 0. The van der Waals surface area contributed by atoms with Crippen molar-refractivity contribution < 1.29 is 19.1 Å². The van der Waals surface area contributed by atoms with Crippen molar-refractivity contribution in [3.63, 3.8) is 0 Å². The van der Waals surface area contributed by atoms with Crippen molar-refractivity contribution in [3.8, 4) is 0 Å². The Morgan fingerprint density at radius 1 is 0.920 bits per heavy atom. The fraction of sp³-hybridized carbons (Fsp3) is 0.118. The molecule has 2 aromatic rings. The third kappa shape index (κ3) is 5.48. The van der Waals surface area contributed by atoms with Crippen LogP contribution >= 0.6 is 23.2 Å². The monoisotopic (exact) mass is 380 g/mol. The van der Waals surface area contributed by atoms with E-state index in [4.69, 9.17) is 27.9 Å². The highest BCUT2D eigenvalue weighted by Crippen LogP contribution is 2.20. The zero-order chi connectivity index (χ0) is 18.4. The fourth-order valence-electron chi connectivity index (χ4n) is 1.84. The number of hydrogen-bond acceptors (Lipinski definition) is 4. The van der Waals surface area contributed by atoms with Gasteiger partial charge in [-0.05, 0) is 37.3 Å². The van der Waals surface area contributed by atoms with E-state index in [1.807, 2.05) is 0 Å². The maximum absolute atomic E-state index is 12.0. The van der Waals surface area contributed by atoms with Crippen molar-refractivity contribution in [1.82, 2.24) is 10.9 Å². The van der Waals surface area contributed by atoms with Gasteiger partial charge >= 0.3 is 5.97 Å². The Balaban J connectivity index is 1.89. The van der Waals surface area contributed by atoms with Crippen LogP contribution < -0.4 is 10.9 Å². The van der Waals surface area contributed by atoms with Crippen molar-refractivity contribution >= 4 is 41.0 Å². The minimum atomic E-state index is -1.14. The van der Waals surface area contributed by atoms with Gasteiger partial charge in [0.05, 0.1) is 5.56 Å². The zero-order valence-corrected chi connectivity index (χ0v) is 14.6. The van der Waals surface area contributed by atoms with Crippen LogP contribution in [-0.2, 0) is 9.53 Å². The molecule has 0 radical (unpaired) electrons. The van der Waals surface area contributed by atoms with Gasteiger partial charge in [0, 0.05) is 15.6 Å². The van der Waals surface area contributed by atoms with Gasteiger partial charge in [-0.1, -0.05) is 41.4 Å². The minimum absolute atomic E-state index is 0.116. The maximum atomic E-state index is 12.0. The lowest BCUT2D eigenvalue weighted by molar-refractivity contribution is -0.129. The lowest BCUT2D eigenvalue weighted by Gasteiger charge is -2.14. The molecule has 2 N–H and O–H groups in total. The molecule has 0 unspecified atom stereocenters. The van der Waals surface area contributed by atoms with E-state index >= 15 is 0 Å². The van der Waals surface area contributed by atoms with Crippen molar-refractivity contribution in [1.29, 1.82) is 0 Å². The third-order valence-corrected chi connectivity index (χ3v) is 3.52. The number of esters is 1. The van der Waals surface area contributed by atoms with Gasteiger partial charge in [-0.2, -0.15) is 0 Å². The summed E-state index contributed by atoms with van der Waals surface area (Å²) in [6.07, 6.45) is -1.14. The number of carbonyl (C=O) groups excluding carboxylic acids is 3. The highest BCUT2D eigenvalue weighted by molar-refractivity contribution is 6.35. The molecule has 0 aliphatic rings. The molecule has 25 heavy (non-hydrogen) atoms. The number of nitrogens with one attached hydrogen (secondary N) is 2. The van der Waals surface area contributed by atoms with Crippen LogP contribution in [0.3, 0.4) is 0 Å². The van der Waals surface area contributed by atoms with Gasteiger partial charge in [-0.15, -0.1) is 0 Å². The van der Waals surface area contributed by atoms with Crippen LogP contribution in [0.2, 0.25) is 10.0 Å². The summed E-state index contributed by atoms with van der Waals surface area (Å²) in [6, 6.07) is 12.5. The second-order valence-corrected chi connectivity index (χ2v) is 5.89. The molecule has 0 spiro atoms. The van der Waals surface area contributed by atoms with Crippen molar-refractivity contribution in [2.75, 3.05) is 0 Å². The molecule has 1 atom stereocenters. The third-order valence-electron chi connectivity index (χ3n) is 3.09. The molecule has 0 fully saturated rings. The second kappa shape index (κ2) is 8.50. The van der Waals surface area contributed by atoms with Gasteiger partial charge in [0.25, 0.3) is 11.8 Å². The average Bonchev–Trinajstić information content (AvgIpc) is 2.59. The molecule has 6 nitrogen and oxygen atoms in total. The van der Waals surface area contributed by atoms with Gasteiger partial charge in [0.15, 0.2) is 6.10 Å². The molecule has 0 saturated heterocycles. The predicted octanol–water partition coefficient (Wildman–Crippen LogP) is 3.00. The first-order valence-electron chi connectivity index (χ1n) is 7.19. The Labute approximate surface area is 154 Å². The Kier molecular flexibility index (Phi) is 6.38. The smallest absolute Gasteiger partial charge is 0.339 e. The van der Waals surface area contributed by atoms with E-state index in [0.717, 1.165) is 0 Å². The highest BCUT2D eigenvalue weighted by Gasteiger charge is 2.20. The number of amides is 2. The van der Waals surface area contributed by atoms with Gasteiger partial charge < -0.3 is 4.74 Å². The molecule has 2 aromatic carbocycles. The highest BCUT2D eigenvalue weighted by atomic mass is 35.5. The second-order valence-electron chi connectivity index (χ2n) is 5.02. The van der Waals surface area contributed by atoms with E-state index in [1.54, 1.807) is 30.3 Å². The molecule has 0 aliphatic heterocycles. The molecule has 2 rings (SSSR count). The van der Waals surface area contributed by atoms with E-state index in [1.165, 1.54) is 25.1 Å². The SMILES string of the molecule is C[C@@H](OC(=O)c1cc(Cl)cc(Cl)c1)C(=O)NNC(=O)c1ccccc1. The summed E-state index contributed by atoms with van der Waals surface area (Å²) >= 11 is 11.6. The zero-order valence-electron chi connectivity index (χ0n) is 13.1. The van der Waals surface area contributed by atoms with Gasteiger partial charge in [-0.25, -0.2) is 4.79 Å². The molecular weight excluding hydrogens is 367 g/mol. The quantitative estimate of drug-likeness (QED) is 0.630. The molecule has 130 valence electrons. The van der Waals surface area contributed by atoms with Crippen molar-refractivity contribution in [2.45, 2.75) is 13.0 Å². The molecular formula is C17H14Cl2N2O4. The van der Waals surface area contributed by atoms with E-state index in [9.17, 15) is 14.4 Å². The van der Waals surface area contributed by atoms with Crippen LogP contribution in [0.15, 0.2) is 48.5 Å². The van der Waals surface area contributed by atoms with E-state index in [-0.39, 0.29) is 15.6 Å². The standard InChI is InChI=1S/C17H14Cl2N2O4/c1-10(25-17(24)12-7-13(18)9-14(19)8-12)15(22)20-21-16(23)11-5-3-2-4-6-11/h2-10H,1H3,(H,20,22)(H,21,23)/t10-/m1/s1. The maximum Gasteiger partial charge on any atom is 0.339 e. The minimum Gasteiger partial charge on any atom is -0.449 e. The van der Waals surface area contributed by atoms with Crippen LogP contribution in [-0.4, -0.2) is 23.9 Å². The van der Waals surface area contributed by atoms with E-state index < -0.39 is 23.9 Å². The molecule has 0 aliphatic carbocycles. The Bertz CT molecular complexity index is 776. The number of halogens is 2. The fourth-order valence-corrected chi connectivity index (χ4v) is 2.36. The molecule has 2 amide bonds. The number of hydrazine groups is 1. The number of rotatable bonds is 4. The first-order chi connectivity index (χ1) is 11.9. The summed E-state index contributed by atoms with van der Waals surface area (Å²) in [5.74, 6) is -1.94. The van der Waals surface area contributed by atoms with Crippen molar-refractivity contribution in [3.05, 3.63) is 69.7 Å². The van der Waals surface area contributed by atoms with Gasteiger partial charge in [0.1, 0.15) is 0 Å². The van der Waals surface area contributed by atoms with Crippen LogP contribution in [0.4, 0.5) is 0 Å². The number of ether oxygens (including phenoxy) is 1. The van der Waals surface area contributed by atoms with Crippen LogP contribution in [0.1, 0.15) is 27.6 Å². The van der Waals surface area contributed by atoms with Crippen LogP contribution in [0, 0.1) is 0 Å². The molecule has 0 bridgehead atoms. The Hall–Kier alpha value is -2.57. The topological polar surface area (TPSA) is 84.5 Å². The van der Waals surface area contributed by atoms with Gasteiger partial charge in [0.2, 0.25) is 0 Å². The number of benzene rings is 2. The molecule has 8 heteroatoms. The summed E-state index contributed by atoms with van der Waals surface area (Å²) in [6.45, 7) is 1.37. The summed E-state index contributed by atoms with van der Waals surface area (Å²) < 4.78 is 5.03. The van der Waals surface area contributed by atoms with E-state index in [0.29, 0.717) is 5.56 Å². The summed E-state index contributed by atoms with van der Waals surface area (Å²) in [5.41, 5.74) is 4.92. The van der Waals surface area contributed by atoms with Crippen LogP contribution in [0.5, 0.6) is 0 Å². The first kappa shape index (κ1) is 18.8. The largest absolute Gasteiger partial charge is 0.449 e.